The Balaban J connectivity index is 2.41. The largest absolute Gasteiger partial charge is 0.481 e. The van der Waals surface area contributed by atoms with Gasteiger partial charge in [0, 0.05) is 25.8 Å². The van der Waals surface area contributed by atoms with Crippen LogP contribution in [0.4, 0.5) is 0 Å². The molecule has 0 radical (unpaired) electrons. The van der Waals surface area contributed by atoms with Crippen molar-refractivity contribution in [2.45, 2.75) is 19.3 Å². The molecule has 1 fully saturated rings. The number of carbonyl (C=O) groups is 2. The highest BCUT2D eigenvalue weighted by Crippen LogP contribution is 2.20. The summed E-state index contributed by atoms with van der Waals surface area (Å²) in [4.78, 5) is 23.6. The Hall–Kier alpha value is -1.11. The van der Waals surface area contributed by atoms with Crippen LogP contribution in [0.3, 0.4) is 0 Å². The van der Waals surface area contributed by atoms with E-state index in [4.69, 9.17) is 5.11 Å². The van der Waals surface area contributed by atoms with Crippen LogP contribution in [-0.4, -0.2) is 55.4 Å². The number of rotatable bonds is 4. The molecule has 17 heavy (non-hydrogen) atoms. The summed E-state index contributed by atoms with van der Waals surface area (Å²) in [6.07, 6.45) is 2.40. The van der Waals surface area contributed by atoms with Crippen molar-refractivity contribution in [1.82, 2.24) is 4.90 Å². The van der Waals surface area contributed by atoms with E-state index in [9.17, 15) is 18.0 Å². The lowest BCUT2D eigenvalue weighted by Gasteiger charge is -2.31. The minimum absolute atomic E-state index is 0.0924. The zero-order valence-corrected chi connectivity index (χ0v) is 10.6. The molecular weight excluding hydrogens is 246 g/mol. The van der Waals surface area contributed by atoms with Gasteiger partial charge in [0.25, 0.3) is 0 Å². The first-order chi connectivity index (χ1) is 7.78. The molecule has 0 saturated carbocycles. The topological polar surface area (TPSA) is 91.8 Å². The van der Waals surface area contributed by atoms with Gasteiger partial charge >= 0.3 is 5.97 Å². The van der Waals surface area contributed by atoms with Crippen molar-refractivity contribution in [2.24, 2.45) is 5.92 Å². The number of carboxylic acid groups (broad SMARTS) is 1. The van der Waals surface area contributed by atoms with E-state index in [0.717, 1.165) is 6.26 Å². The van der Waals surface area contributed by atoms with Gasteiger partial charge in [-0.2, -0.15) is 0 Å². The highest BCUT2D eigenvalue weighted by Gasteiger charge is 2.25. The van der Waals surface area contributed by atoms with Crippen LogP contribution in [-0.2, 0) is 19.4 Å². The fourth-order valence-electron chi connectivity index (χ4n) is 1.95. The van der Waals surface area contributed by atoms with Gasteiger partial charge < -0.3 is 10.0 Å². The Kier molecular flexibility index (Phi) is 4.50. The maximum Gasteiger partial charge on any atom is 0.303 e. The molecule has 98 valence electrons. The lowest BCUT2D eigenvalue weighted by atomic mass is 9.94. The van der Waals surface area contributed by atoms with Gasteiger partial charge in [0.15, 0.2) is 9.84 Å². The molecule has 0 atom stereocenters. The zero-order chi connectivity index (χ0) is 13.1. The Morgan fingerprint density at radius 1 is 1.29 bits per heavy atom. The van der Waals surface area contributed by atoms with Crippen molar-refractivity contribution in [1.29, 1.82) is 0 Å². The molecule has 1 rings (SSSR count). The van der Waals surface area contributed by atoms with Gasteiger partial charge in [0.05, 0.1) is 0 Å². The molecule has 1 aliphatic rings. The predicted octanol–water partition coefficient (Wildman–Crippen LogP) is -0.256. The minimum Gasteiger partial charge on any atom is -0.481 e. The van der Waals surface area contributed by atoms with Crippen LogP contribution >= 0.6 is 0 Å². The monoisotopic (exact) mass is 263 g/mol. The van der Waals surface area contributed by atoms with Crippen molar-refractivity contribution in [3.8, 4) is 0 Å². The van der Waals surface area contributed by atoms with E-state index in [1.54, 1.807) is 0 Å². The molecule has 1 aliphatic heterocycles. The maximum absolute atomic E-state index is 11.6. The standard InChI is InChI=1S/C10H17NO5S/c1-17(15,16)7-9(12)11-4-2-8(3-5-11)6-10(13)14/h8H,2-7H2,1H3,(H,13,14). The van der Waals surface area contributed by atoms with Crippen molar-refractivity contribution in [2.75, 3.05) is 25.1 Å². The summed E-state index contributed by atoms with van der Waals surface area (Å²) in [5, 5.41) is 8.63. The molecule has 1 saturated heterocycles. The molecule has 0 aromatic carbocycles. The second-order valence-corrected chi connectivity index (χ2v) is 6.63. The van der Waals surface area contributed by atoms with Gasteiger partial charge in [-0.15, -0.1) is 0 Å². The number of likely N-dealkylation sites (tertiary alicyclic amines) is 1. The van der Waals surface area contributed by atoms with Gasteiger partial charge in [-0.05, 0) is 18.8 Å². The Bertz CT molecular complexity index is 395. The summed E-state index contributed by atoms with van der Waals surface area (Å²) in [6, 6.07) is 0. The highest BCUT2D eigenvalue weighted by atomic mass is 32.2. The number of hydrogen-bond donors (Lipinski definition) is 1. The molecule has 1 heterocycles. The van der Waals surface area contributed by atoms with Gasteiger partial charge in [0.1, 0.15) is 5.75 Å². The second kappa shape index (κ2) is 5.48. The van der Waals surface area contributed by atoms with E-state index >= 15 is 0 Å². The molecule has 7 heteroatoms. The average molecular weight is 263 g/mol. The Morgan fingerprint density at radius 3 is 2.24 bits per heavy atom. The first kappa shape index (κ1) is 14.0. The number of nitrogens with zero attached hydrogens (tertiary/aromatic N) is 1. The normalized spacial score (nSPS) is 18.1. The first-order valence-corrected chi connectivity index (χ1v) is 7.51. The molecule has 1 amide bonds. The number of hydrogen-bond acceptors (Lipinski definition) is 4. The van der Waals surface area contributed by atoms with Crippen molar-refractivity contribution >= 4 is 21.7 Å². The third kappa shape index (κ3) is 5.16. The maximum atomic E-state index is 11.6. The highest BCUT2D eigenvalue weighted by molar-refractivity contribution is 7.91. The van der Waals surface area contributed by atoms with E-state index in [0.29, 0.717) is 25.9 Å². The number of aliphatic carboxylic acids is 1. The summed E-state index contributed by atoms with van der Waals surface area (Å²) < 4.78 is 21.9. The molecule has 0 bridgehead atoms. The average Bonchev–Trinajstić information content (AvgIpc) is 2.15. The van der Waals surface area contributed by atoms with E-state index in [-0.39, 0.29) is 18.2 Å². The van der Waals surface area contributed by atoms with Crippen LogP contribution in [0.25, 0.3) is 0 Å². The molecule has 1 N–H and O–H groups in total. The smallest absolute Gasteiger partial charge is 0.303 e. The van der Waals surface area contributed by atoms with E-state index < -0.39 is 21.6 Å². The fraction of sp³-hybridized carbons (Fsp3) is 0.800. The first-order valence-electron chi connectivity index (χ1n) is 5.45. The summed E-state index contributed by atoms with van der Waals surface area (Å²) >= 11 is 0. The summed E-state index contributed by atoms with van der Waals surface area (Å²) in [5.74, 6) is -1.58. The third-order valence-electron chi connectivity index (χ3n) is 2.82. The van der Waals surface area contributed by atoms with Crippen molar-refractivity contribution < 1.29 is 23.1 Å². The lowest BCUT2D eigenvalue weighted by molar-refractivity contribution is -0.138. The molecule has 0 aliphatic carbocycles. The zero-order valence-electron chi connectivity index (χ0n) is 9.76. The number of sulfone groups is 1. The van der Waals surface area contributed by atoms with Crippen LogP contribution in [0.5, 0.6) is 0 Å². The van der Waals surface area contributed by atoms with Crippen LogP contribution in [0.15, 0.2) is 0 Å². The molecule has 6 nitrogen and oxygen atoms in total. The third-order valence-corrected chi connectivity index (χ3v) is 3.59. The van der Waals surface area contributed by atoms with Crippen molar-refractivity contribution in [3.63, 3.8) is 0 Å². The summed E-state index contributed by atoms with van der Waals surface area (Å²) in [7, 11) is -3.29. The summed E-state index contributed by atoms with van der Waals surface area (Å²) in [5.41, 5.74) is 0. The van der Waals surface area contributed by atoms with Gasteiger partial charge in [-0.1, -0.05) is 0 Å². The number of piperidine rings is 1. The van der Waals surface area contributed by atoms with E-state index in [1.807, 2.05) is 0 Å². The minimum atomic E-state index is -3.29. The van der Waals surface area contributed by atoms with Gasteiger partial charge in [-0.3, -0.25) is 9.59 Å². The van der Waals surface area contributed by atoms with Gasteiger partial charge in [0.2, 0.25) is 5.91 Å². The molecule has 0 spiro atoms. The fourth-order valence-corrected chi connectivity index (χ4v) is 2.58. The van der Waals surface area contributed by atoms with E-state index in [2.05, 4.69) is 0 Å². The number of amides is 1. The predicted molar refractivity (Wildman–Crippen MR) is 61.3 cm³/mol. The van der Waals surface area contributed by atoms with Gasteiger partial charge in [-0.25, -0.2) is 8.42 Å². The van der Waals surface area contributed by atoms with Crippen LogP contribution in [0.1, 0.15) is 19.3 Å². The number of carbonyl (C=O) groups excluding carboxylic acids is 1. The SMILES string of the molecule is CS(=O)(=O)CC(=O)N1CCC(CC(=O)O)CC1. The number of carboxylic acids is 1. The summed E-state index contributed by atoms with van der Waals surface area (Å²) in [6.45, 7) is 0.901. The lowest BCUT2D eigenvalue weighted by Crippen LogP contribution is -2.41. The second-order valence-electron chi connectivity index (χ2n) is 4.49. The van der Waals surface area contributed by atoms with Crippen molar-refractivity contribution in [3.05, 3.63) is 0 Å². The Labute approximate surface area is 101 Å². The molecule has 0 aromatic heterocycles. The Morgan fingerprint density at radius 2 is 1.82 bits per heavy atom. The van der Waals surface area contributed by atoms with Crippen LogP contribution in [0.2, 0.25) is 0 Å². The van der Waals surface area contributed by atoms with E-state index in [1.165, 1.54) is 4.90 Å². The van der Waals surface area contributed by atoms with Crippen LogP contribution in [0, 0.1) is 5.92 Å². The molecule has 0 unspecified atom stereocenters. The quantitative estimate of drug-likeness (QED) is 0.754. The van der Waals surface area contributed by atoms with Crippen LogP contribution < -0.4 is 0 Å². The molecular formula is C10H17NO5S. The molecule has 0 aromatic rings.